The van der Waals surface area contributed by atoms with Crippen molar-refractivity contribution in [2.24, 2.45) is 0 Å². The fraction of sp³-hybridized carbons (Fsp3) is 0.143. The van der Waals surface area contributed by atoms with Gasteiger partial charge in [0.05, 0.1) is 6.61 Å². The van der Waals surface area contributed by atoms with Crippen molar-refractivity contribution in [3.63, 3.8) is 0 Å². The van der Waals surface area contributed by atoms with E-state index in [-0.39, 0.29) is 10.0 Å². The lowest BCUT2D eigenvalue weighted by molar-refractivity contribution is 0.271. The number of aliphatic hydroxyl groups is 1. The van der Waals surface area contributed by atoms with Gasteiger partial charge in [0.25, 0.3) is 0 Å². The highest BCUT2D eigenvalue weighted by Gasteiger charge is 2.14. The Kier molecular flexibility index (Phi) is 2.54. The topological polar surface area (TPSA) is 60.7 Å². The lowest BCUT2D eigenvalue weighted by atomic mass is 10.2. The van der Waals surface area contributed by atoms with Gasteiger partial charge in [0, 0.05) is 10.0 Å². The van der Waals surface area contributed by atoms with Crippen LogP contribution in [0.15, 0.2) is 10.5 Å². The highest BCUT2D eigenvalue weighted by atomic mass is 79.9. The quantitative estimate of drug-likeness (QED) is 0.648. The molecule has 0 aliphatic carbocycles. The van der Waals surface area contributed by atoms with Crippen LogP contribution in [0.1, 0.15) is 5.56 Å². The second-order valence-electron chi connectivity index (χ2n) is 2.17. The largest absolute Gasteiger partial charge is 0.504 e. The van der Waals surface area contributed by atoms with Crippen LogP contribution in [0.5, 0.6) is 11.5 Å². The first-order valence-corrected chi connectivity index (χ1v) is 3.87. The summed E-state index contributed by atoms with van der Waals surface area (Å²) in [7, 11) is 0. The molecule has 1 aromatic rings. The fourth-order valence-electron chi connectivity index (χ4n) is 0.786. The Morgan fingerprint density at radius 3 is 2.42 bits per heavy atom. The zero-order chi connectivity index (χ0) is 9.30. The molecular formula is C7H6BrFO3. The predicted molar refractivity (Wildman–Crippen MR) is 43.4 cm³/mol. The van der Waals surface area contributed by atoms with Crippen LogP contribution in [0, 0.1) is 5.82 Å². The Labute approximate surface area is 76.2 Å². The monoisotopic (exact) mass is 236 g/mol. The number of benzene rings is 1. The summed E-state index contributed by atoms with van der Waals surface area (Å²) in [5.74, 6) is -2.41. The second kappa shape index (κ2) is 3.28. The van der Waals surface area contributed by atoms with Crippen LogP contribution >= 0.6 is 15.9 Å². The zero-order valence-electron chi connectivity index (χ0n) is 5.88. The molecule has 12 heavy (non-hydrogen) atoms. The molecular weight excluding hydrogens is 231 g/mol. The van der Waals surface area contributed by atoms with Gasteiger partial charge in [-0.1, -0.05) is 15.9 Å². The van der Waals surface area contributed by atoms with E-state index in [0.717, 1.165) is 6.07 Å². The van der Waals surface area contributed by atoms with Gasteiger partial charge >= 0.3 is 0 Å². The van der Waals surface area contributed by atoms with Crippen LogP contribution < -0.4 is 0 Å². The molecule has 1 aromatic carbocycles. The molecule has 0 saturated carbocycles. The van der Waals surface area contributed by atoms with Crippen molar-refractivity contribution in [1.82, 2.24) is 0 Å². The average Bonchev–Trinajstić information content (AvgIpc) is 2.01. The summed E-state index contributed by atoms with van der Waals surface area (Å²) in [6, 6.07) is 0.973. The summed E-state index contributed by atoms with van der Waals surface area (Å²) in [5.41, 5.74) is 0.0638. The predicted octanol–water partition coefficient (Wildman–Crippen LogP) is 1.49. The number of phenolic OH excluding ortho intramolecular Hbond substituents is 1. The van der Waals surface area contributed by atoms with E-state index >= 15 is 0 Å². The van der Waals surface area contributed by atoms with E-state index in [1.54, 1.807) is 0 Å². The van der Waals surface area contributed by atoms with Gasteiger partial charge in [-0.05, 0) is 6.07 Å². The molecule has 66 valence electrons. The average molecular weight is 237 g/mol. The van der Waals surface area contributed by atoms with Crippen LogP contribution in [0.3, 0.4) is 0 Å². The maximum atomic E-state index is 12.6. The summed E-state index contributed by atoms with van der Waals surface area (Å²) in [5, 5.41) is 26.7. The van der Waals surface area contributed by atoms with E-state index < -0.39 is 23.9 Å². The van der Waals surface area contributed by atoms with Crippen molar-refractivity contribution in [2.75, 3.05) is 0 Å². The van der Waals surface area contributed by atoms with Crippen molar-refractivity contribution in [1.29, 1.82) is 0 Å². The molecule has 0 aliphatic rings. The SMILES string of the molecule is OCc1c(Br)cc(F)c(O)c1O. The van der Waals surface area contributed by atoms with E-state index in [2.05, 4.69) is 15.9 Å². The summed E-state index contributed by atoms with van der Waals surface area (Å²) in [4.78, 5) is 0. The van der Waals surface area contributed by atoms with E-state index in [1.165, 1.54) is 0 Å². The summed E-state index contributed by atoms with van der Waals surface area (Å²) in [6.45, 7) is -0.472. The first-order valence-electron chi connectivity index (χ1n) is 3.07. The third-order valence-corrected chi connectivity index (χ3v) is 2.14. The Hall–Kier alpha value is -0.810. The molecule has 5 heteroatoms. The number of aliphatic hydroxyl groups excluding tert-OH is 1. The van der Waals surface area contributed by atoms with Crippen LogP contribution in [-0.2, 0) is 6.61 Å². The summed E-state index contributed by atoms with van der Waals surface area (Å²) < 4.78 is 12.9. The maximum Gasteiger partial charge on any atom is 0.194 e. The van der Waals surface area contributed by atoms with Gasteiger partial charge < -0.3 is 15.3 Å². The molecule has 3 nitrogen and oxygen atoms in total. The molecule has 0 spiro atoms. The summed E-state index contributed by atoms with van der Waals surface area (Å²) >= 11 is 2.92. The molecule has 1 rings (SSSR count). The number of aromatic hydroxyl groups is 2. The Balaban J connectivity index is 3.40. The molecule has 0 radical (unpaired) electrons. The molecule has 0 saturated heterocycles. The molecule has 0 atom stereocenters. The zero-order valence-corrected chi connectivity index (χ0v) is 7.47. The number of phenols is 2. The van der Waals surface area contributed by atoms with Gasteiger partial charge in [-0.15, -0.1) is 0 Å². The van der Waals surface area contributed by atoms with E-state index in [1.807, 2.05) is 0 Å². The second-order valence-corrected chi connectivity index (χ2v) is 3.03. The molecule has 0 unspecified atom stereocenters. The molecule has 3 N–H and O–H groups in total. The van der Waals surface area contributed by atoms with Crippen molar-refractivity contribution in [3.8, 4) is 11.5 Å². The van der Waals surface area contributed by atoms with Crippen molar-refractivity contribution in [2.45, 2.75) is 6.61 Å². The van der Waals surface area contributed by atoms with E-state index in [9.17, 15) is 4.39 Å². The minimum Gasteiger partial charge on any atom is -0.504 e. The van der Waals surface area contributed by atoms with Gasteiger partial charge in [0.1, 0.15) is 0 Å². The van der Waals surface area contributed by atoms with Gasteiger partial charge in [0.15, 0.2) is 17.3 Å². The number of hydrogen-bond acceptors (Lipinski definition) is 3. The Bertz CT molecular complexity index is 314. The van der Waals surface area contributed by atoms with Crippen LogP contribution in [0.25, 0.3) is 0 Å². The lowest BCUT2D eigenvalue weighted by Gasteiger charge is -2.06. The number of hydrogen-bond donors (Lipinski definition) is 3. The van der Waals surface area contributed by atoms with Crippen LogP contribution in [-0.4, -0.2) is 15.3 Å². The van der Waals surface area contributed by atoms with E-state index in [4.69, 9.17) is 15.3 Å². The Morgan fingerprint density at radius 2 is 1.92 bits per heavy atom. The van der Waals surface area contributed by atoms with Gasteiger partial charge in [-0.25, -0.2) is 4.39 Å². The van der Waals surface area contributed by atoms with Gasteiger partial charge in [-0.3, -0.25) is 0 Å². The molecule has 0 fully saturated rings. The molecule has 0 amide bonds. The fourth-order valence-corrected chi connectivity index (χ4v) is 1.30. The highest BCUT2D eigenvalue weighted by molar-refractivity contribution is 9.10. The standard InChI is InChI=1S/C7H6BrFO3/c8-4-1-5(9)7(12)6(11)3(4)2-10/h1,10-12H,2H2. The first kappa shape index (κ1) is 9.28. The number of rotatable bonds is 1. The number of halogens is 2. The minimum absolute atomic E-state index is 0.0638. The summed E-state index contributed by atoms with van der Waals surface area (Å²) in [6.07, 6.45) is 0. The molecule has 0 aliphatic heterocycles. The first-order chi connectivity index (χ1) is 5.57. The smallest absolute Gasteiger partial charge is 0.194 e. The lowest BCUT2D eigenvalue weighted by Crippen LogP contribution is -1.89. The third-order valence-electron chi connectivity index (χ3n) is 1.44. The Morgan fingerprint density at radius 1 is 1.33 bits per heavy atom. The third kappa shape index (κ3) is 1.37. The normalized spacial score (nSPS) is 10.2. The van der Waals surface area contributed by atoms with Crippen LogP contribution in [0.2, 0.25) is 0 Å². The maximum absolute atomic E-state index is 12.6. The van der Waals surface area contributed by atoms with Crippen molar-refractivity contribution < 1.29 is 19.7 Å². The molecule has 0 bridgehead atoms. The molecule has 0 heterocycles. The molecule has 0 aromatic heterocycles. The van der Waals surface area contributed by atoms with Crippen LogP contribution in [0.4, 0.5) is 4.39 Å². The minimum atomic E-state index is -0.934. The van der Waals surface area contributed by atoms with Crippen molar-refractivity contribution in [3.05, 3.63) is 21.9 Å². The van der Waals surface area contributed by atoms with Gasteiger partial charge in [-0.2, -0.15) is 0 Å². The van der Waals surface area contributed by atoms with Gasteiger partial charge in [0.2, 0.25) is 0 Å². The highest BCUT2D eigenvalue weighted by Crippen LogP contribution is 2.36. The van der Waals surface area contributed by atoms with Crippen molar-refractivity contribution >= 4 is 15.9 Å². The van der Waals surface area contributed by atoms with E-state index in [0.29, 0.717) is 0 Å².